The van der Waals surface area contributed by atoms with Gasteiger partial charge in [-0.05, 0) is 30.7 Å². The maximum Gasteiger partial charge on any atom is 0.228 e. The van der Waals surface area contributed by atoms with Crippen LogP contribution in [0.1, 0.15) is 22.7 Å². The lowest BCUT2D eigenvalue weighted by molar-refractivity contribution is 0.378. The predicted octanol–water partition coefficient (Wildman–Crippen LogP) is 3.36. The van der Waals surface area contributed by atoms with Crippen molar-refractivity contribution in [2.24, 2.45) is 4.99 Å². The molecule has 0 aliphatic rings. The number of halogens is 1. The Morgan fingerprint density at radius 1 is 1.18 bits per heavy atom. The second-order valence-electron chi connectivity index (χ2n) is 6.02. The lowest BCUT2D eigenvalue weighted by atomic mass is 10.2. The van der Waals surface area contributed by atoms with E-state index in [2.05, 4.69) is 37.7 Å². The number of aromatic nitrogens is 3. The number of nitrogens with zero attached hydrogens (tertiary/aromatic N) is 4. The van der Waals surface area contributed by atoms with Crippen LogP contribution in [0.15, 0.2) is 40.0 Å². The highest BCUT2D eigenvalue weighted by atomic mass is 35.5. The minimum Gasteiger partial charge on any atom is -0.356 e. The fraction of sp³-hybridized carbons (Fsp3) is 0.368. The van der Waals surface area contributed by atoms with Crippen molar-refractivity contribution in [1.82, 2.24) is 25.8 Å². The van der Waals surface area contributed by atoms with Crippen molar-refractivity contribution >= 4 is 28.9 Å². The molecule has 148 valence electrons. The maximum absolute atomic E-state index is 5.90. The molecule has 0 bridgehead atoms. The zero-order valence-corrected chi connectivity index (χ0v) is 17.5. The minimum atomic E-state index is 0.559. The van der Waals surface area contributed by atoms with Gasteiger partial charge in [-0.25, -0.2) is 4.98 Å². The second-order valence-corrected chi connectivity index (χ2v) is 7.65. The van der Waals surface area contributed by atoms with Crippen LogP contribution in [0.4, 0.5) is 0 Å². The number of guanidine groups is 1. The Labute approximate surface area is 173 Å². The van der Waals surface area contributed by atoms with Crippen LogP contribution in [0.2, 0.25) is 5.02 Å². The second kappa shape index (κ2) is 10.2. The fourth-order valence-electron chi connectivity index (χ4n) is 2.50. The molecule has 0 saturated heterocycles. The van der Waals surface area contributed by atoms with Crippen LogP contribution in [-0.2, 0) is 19.3 Å². The van der Waals surface area contributed by atoms with E-state index in [0.29, 0.717) is 29.7 Å². The Morgan fingerprint density at radius 3 is 2.61 bits per heavy atom. The number of aliphatic imine (C=N–C) groups is 1. The zero-order chi connectivity index (χ0) is 19.8. The molecule has 1 aromatic carbocycles. The summed E-state index contributed by atoms with van der Waals surface area (Å²) >= 11 is 7.66. The lowest BCUT2D eigenvalue weighted by Gasteiger charge is -2.10. The SMILES string of the molecule is CCc1cnc(CCNC(=NC)NCCc2nc(-c3ccc(Cl)cc3)no2)s1. The Bertz CT molecular complexity index is 905. The molecule has 0 atom stereocenters. The van der Waals surface area contributed by atoms with E-state index in [9.17, 15) is 0 Å². The number of hydrogen-bond donors (Lipinski definition) is 2. The molecular formula is C19H23ClN6OS. The van der Waals surface area contributed by atoms with Crippen LogP contribution in [0, 0.1) is 0 Å². The van der Waals surface area contributed by atoms with Gasteiger partial charge >= 0.3 is 0 Å². The summed E-state index contributed by atoms with van der Waals surface area (Å²) in [4.78, 5) is 14.4. The molecule has 2 heterocycles. The molecule has 28 heavy (non-hydrogen) atoms. The Kier molecular flexibility index (Phi) is 7.39. The van der Waals surface area contributed by atoms with Crippen molar-refractivity contribution < 1.29 is 4.52 Å². The van der Waals surface area contributed by atoms with Gasteiger partial charge in [-0.2, -0.15) is 4.98 Å². The number of nitrogens with one attached hydrogen (secondary N) is 2. The summed E-state index contributed by atoms with van der Waals surface area (Å²) in [5, 5.41) is 12.4. The average Bonchev–Trinajstić information content (AvgIpc) is 3.37. The highest BCUT2D eigenvalue weighted by Crippen LogP contribution is 2.18. The Balaban J connectivity index is 1.41. The average molecular weight is 419 g/mol. The van der Waals surface area contributed by atoms with Crippen molar-refractivity contribution in [2.75, 3.05) is 20.1 Å². The third kappa shape index (κ3) is 5.77. The van der Waals surface area contributed by atoms with E-state index in [1.807, 2.05) is 18.3 Å². The predicted molar refractivity (Wildman–Crippen MR) is 113 cm³/mol. The van der Waals surface area contributed by atoms with Crippen LogP contribution >= 0.6 is 22.9 Å². The summed E-state index contributed by atoms with van der Waals surface area (Å²) in [6.07, 6.45) is 4.46. The lowest BCUT2D eigenvalue weighted by Crippen LogP contribution is -2.39. The van der Waals surface area contributed by atoms with Gasteiger partial charge in [0.1, 0.15) is 0 Å². The molecule has 3 rings (SSSR count). The molecule has 3 aromatic rings. The molecule has 2 aromatic heterocycles. The highest BCUT2D eigenvalue weighted by Gasteiger charge is 2.09. The van der Waals surface area contributed by atoms with Crippen molar-refractivity contribution in [3.63, 3.8) is 0 Å². The molecule has 0 unspecified atom stereocenters. The van der Waals surface area contributed by atoms with Gasteiger partial charge in [-0.1, -0.05) is 23.7 Å². The van der Waals surface area contributed by atoms with E-state index in [-0.39, 0.29) is 0 Å². The first kappa shape index (κ1) is 20.3. The summed E-state index contributed by atoms with van der Waals surface area (Å²) in [5.41, 5.74) is 0.873. The van der Waals surface area contributed by atoms with Crippen LogP contribution in [-0.4, -0.2) is 41.2 Å². The van der Waals surface area contributed by atoms with Crippen molar-refractivity contribution in [3.8, 4) is 11.4 Å². The van der Waals surface area contributed by atoms with Gasteiger partial charge in [-0.15, -0.1) is 11.3 Å². The monoisotopic (exact) mass is 418 g/mol. The number of benzene rings is 1. The quantitative estimate of drug-likeness (QED) is 0.430. The molecule has 9 heteroatoms. The first-order valence-electron chi connectivity index (χ1n) is 9.14. The van der Waals surface area contributed by atoms with Crippen LogP contribution in [0.5, 0.6) is 0 Å². The Hall–Kier alpha value is -2.45. The topological polar surface area (TPSA) is 88.2 Å². The van der Waals surface area contributed by atoms with E-state index in [0.717, 1.165) is 35.9 Å². The molecule has 0 aliphatic carbocycles. The molecule has 0 radical (unpaired) electrons. The van der Waals surface area contributed by atoms with Gasteiger partial charge in [0.25, 0.3) is 0 Å². The molecular weight excluding hydrogens is 396 g/mol. The third-order valence-electron chi connectivity index (χ3n) is 4.01. The summed E-state index contributed by atoms with van der Waals surface area (Å²) in [6, 6.07) is 7.34. The summed E-state index contributed by atoms with van der Waals surface area (Å²) < 4.78 is 5.32. The van der Waals surface area contributed by atoms with Gasteiger partial charge in [0.05, 0.1) is 5.01 Å². The van der Waals surface area contributed by atoms with E-state index < -0.39 is 0 Å². The molecule has 2 N–H and O–H groups in total. The van der Waals surface area contributed by atoms with Crippen LogP contribution in [0.25, 0.3) is 11.4 Å². The van der Waals surface area contributed by atoms with Gasteiger partial charge in [-0.3, -0.25) is 4.99 Å². The van der Waals surface area contributed by atoms with Crippen LogP contribution in [0.3, 0.4) is 0 Å². The first-order chi connectivity index (χ1) is 13.7. The van der Waals surface area contributed by atoms with E-state index in [1.54, 1.807) is 30.5 Å². The largest absolute Gasteiger partial charge is 0.356 e. The smallest absolute Gasteiger partial charge is 0.228 e. The van der Waals surface area contributed by atoms with Gasteiger partial charge in [0, 0.05) is 54.6 Å². The third-order valence-corrected chi connectivity index (χ3v) is 5.46. The van der Waals surface area contributed by atoms with Crippen molar-refractivity contribution in [3.05, 3.63) is 51.3 Å². The summed E-state index contributed by atoms with van der Waals surface area (Å²) in [7, 11) is 1.75. The number of rotatable bonds is 8. The highest BCUT2D eigenvalue weighted by molar-refractivity contribution is 7.11. The van der Waals surface area contributed by atoms with Crippen molar-refractivity contribution in [2.45, 2.75) is 26.2 Å². The van der Waals surface area contributed by atoms with E-state index >= 15 is 0 Å². The molecule has 7 nitrogen and oxygen atoms in total. The van der Waals surface area contributed by atoms with E-state index in [4.69, 9.17) is 16.1 Å². The molecule has 0 fully saturated rings. The summed E-state index contributed by atoms with van der Waals surface area (Å²) in [6.45, 7) is 3.56. The normalized spacial score (nSPS) is 11.6. The number of hydrogen-bond acceptors (Lipinski definition) is 6. The summed E-state index contributed by atoms with van der Waals surface area (Å²) in [5.74, 6) is 1.87. The van der Waals surface area contributed by atoms with Gasteiger partial charge in [0.2, 0.25) is 11.7 Å². The van der Waals surface area contributed by atoms with E-state index in [1.165, 1.54) is 4.88 Å². The zero-order valence-electron chi connectivity index (χ0n) is 15.9. The minimum absolute atomic E-state index is 0.559. The first-order valence-corrected chi connectivity index (χ1v) is 10.3. The number of aryl methyl sites for hydroxylation is 1. The maximum atomic E-state index is 5.90. The Morgan fingerprint density at radius 2 is 1.93 bits per heavy atom. The van der Waals surface area contributed by atoms with Gasteiger partial charge < -0.3 is 15.2 Å². The van der Waals surface area contributed by atoms with Crippen molar-refractivity contribution in [1.29, 1.82) is 0 Å². The molecule has 0 saturated carbocycles. The molecule has 0 amide bonds. The van der Waals surface area contributed by atoms with Gasteiger partial charge in [0.15, 0.2) is 5.96 Å². The standard InChI is InChI=1S/C19H23ClN6OS/c1-3-15-12-24-17(28-15)9-11-23-19(21-2)22-10-8-16-25-18(26-27-16)13-4-6-14(20)7-5-13/h4-7,12H,3,8-11H2,1-2H3,(H2,21,22,23). The fourth-order valence-corrected chi connectivity index (χ4v) is 3.48. The van der Waals surface area contributed by atoms with Crippen LogP contribution < -0.4 is 10.6 Å². The molecule has 0 spiro atoms. The molecule has 0 aliphatic heterocycles. The number of thiazole rings is 1.